The van der Waals surface area contributed by atoms with Gasteiger partial charge in [-0.2, -0.15) is 0 Å². The second-order valence-corrected chi connectivity index (χ2v) is 7.07. The minimum absolute atomic E-state index is 0.276. The van der Waals surface area contributed by atoms with Gasteiger partial charge < -0.3 is 5.32 Å². The lowest BCUT2D eigenvalue weighted by atomic mass is 10.00. The molecular weight excluding hydrogens is 273 g/mol. The van der Waals surface area contributed by atoms with Crippen molar-refractivity contribution in [3.05, 3.63) is 30.1 Å². The lowest BCUT2D eigenvalue weighted by Gasteiger charge is -2.24. The molecule has 1 aromatic rings. The van der Waals surface area contributed by atoms with Crippen molar-refractivity contribution >= 4 is 10.8 Å². The Morgan fingerprint density at radius 2 is 1.95 bits per heavy atom. The van der Waals surface area contributed by atoms with Gasteiger partial charge in [0.15, 0.2) is 0 Å². The lowest BCUT2D eigenvalue weighted by Crippen LogP contribution is -2.40. The van der Waals surface area contributed by atoms with Gasteiger partial charge in [0.05, 0.1) is 10.8 Å². The summed E-state index contributed by atoms with van der Waals surface area (Å²) in [6.45, 7) is 3.12. The predicted molar refractivity (Wildman–Crippen MR) is 81.7 cm³/mol. The average molecular weight is 297 g/mol. The van der Waals surface area contributed by atoms with Crippen molar-refractivity contribution in [2.75, 3.05) is 12.3 Å². The Balaban J connectivity index is 1.98. The molecule has 20 heavy (non-hydrogen) atoms. The van der Waals surface area contributed by atoms with E-state index in [1.54, 1.807) is 12.1 Å². The number of hydrogen-bond acceptors (Lipinski definition) is 2. The van der Waals surface area contributed by atoms with E-state index in [9.17, 15) is 8.60 Å². The Bertz CT molecular complexity index is 429. The van der Waals surface area contributed by atoms with Crippen LogP contribution in [0.1, 0.15) is 39.0 Å². The molecule has 2 rings (SSSR count). The van der Waals surface area contributed by atoms with E-state index in [-0.39, 0.29) is 5.82 Å². The smallest absolute Gasteiger partial charge is 0.123 e. The van der Waals surface area contributed by atoms with Gasteiger partial charge in [-0.05, 0) is 56.0 Å². The monoisotopic (exact) mass is 297 g/mol. The van der Waals surface area contributed by atoms with Crippen LogP contribution in [0.5, 0.6) is 0 Å². The summed E-state index contributed by atoms with van der Waals surface area (Å²) in [5.41, 5.74) is 0. The zero-order valence-corrected chi connectivity index (χ0v) is 12.9. The Morgan fingerprint density at radius 3 is 2.55 bits per heavy atom. The van der Waals surface area contributed by atoms with Crippen LogP contribution in [0.15, 0.2) is 29.2 Å². The highest BCUT2D eigenvalue weighted by atomic mass is 32.2. The molecule has 0 heterocycles. The highest BCUT2D eigenvalue weighted by Gasteiger charge is 2.26. The molecule has 0 aromatic heterocycles. The van der Waals surface area contributed by atoms with Crippen molar-refractivity contribution in [1.29, 1.82) is 0 Å². The van der Waals surface area contributed by atoms with Crippen LogP contribution < -0.4 is 5.32 Å². The summed E-state index contributed by atoms with van der Waals surface area (Å²) in [6, 6.07) is 6.37. The molecule has 0 bridgehead atoms. The number of nitrogens with one attached hydrogen (secondary N) is 1. The van der Waals surface area contributed by atoms with Gasteiger partial charge >= 0.3 is 0 Å². The summed E-state index contributed by atoms with van der Waals surface area (Å²) in [5.74, 6) is 1.00. The largest absolute Gasteiger partial charge is 0.313 e. The molecule has 0 radical (unpaired) electrons. The Labute approximate surface area is 123 Å². The van der Waals surface area contributed by atoms with E-state index in [0.29, 0.717) is 17.7 Å². The summed E-state index contributed by atoms with van der Waals surface area (Å²) in [7, 11) is -1.05. The van der Waals surface area contributed by atoms with E-state index in [0.717, 1.165) is 17.9 Å². The molecule has 112 valence electrons. The summed E-state index contributed by atoms with van der Waals surface area (Å²) in [4.78, 5) is 0.729. The third-order valence-corrected chi connectivity index (χ3v) is 5.49. The first-order valence-corrected chi connectivity index (χ1v) is 8.90. The van der Waals surface area contributed by atoms with Crippen LogP contribution in [0.4, 0.5) is 4.39 Å². The lowest BCUT2D eigenvalue weighted by molar-refractivity contribution is 0.385. The first kappa shape index (κ1) is 15.6. The second kappa shape index (κ2) is 7.89. The molecule has 4 heteroatoms. The molecule has 1 N–H and O–H groups in total. The molecule has 0 saturated heterocycles. The first-order chi connectivity index (χ1) is 9.70. The van der Waals surface area contributed by atoms with Crippen LogP contribution in [0.3, 0.4) is 0 Å². The normalized spacial score (nSPS) is 19.1. The second-order valence-electron chi connectivity index (χ2n) is 5.57. The molecule has 0 aliphatic heterocycles. The molecule has 1 aromatic carbocycles. The highest BCUT2D eigenvalue weighted by Crippen LogP contribution is 2.28. The molecule has 1 aliphatic rings. The van der Waals surface area contributed by atoms with Crippen LogP contribution in [0, 0.1) is 11.7 Å². The minimum Gasteiger partial charge on any atom is -0.313 e. The quantitative estimate of drug-likeness (QED) is 0.834. The molecule has 0 amide bonds. The fraction of sp³-hybridized carbons (Fsp3) is 0.625. The maximum atomic E-state index is 12.9. The standard InChI is InChI=1S/C16H24FNOS/c1-2-11-18-16(13-5-3-4-6-13)12-20(19)15-9-7-14(17)8-10-15/h7-10,13,16,18H,2-6,11-12H2,1H3. The number of halogens is 1. The third kappa shape index (κ3) is 4.38. The topological polar surface area (TPSA) is 29.1 Å². The van der Waals surface area contributed by atoms with E-state index in [1.807, 2.05) is 0 Å². The molecular formula is C16H24FNOS. The van der Waals surface area contributed by atoms with Crippen LogP contribution in [-0.2, 0) is 10.8 Å². The van der Waals surface area contributed by atoms with Gasteiger partial charge in [-0.1, -0.05) is 19.8 Å². The van der Waals surface area contributed by atoms with Gasteiger partial charge in [0.25, 0.3) is 0 Å². The van der Waals surface area contributed by atoms with Crippen LogP contribution in [0.2, 0.25) is 0 Å². The van der Waals surface area contributed by atoms with Crippen molar-refractivity contribution in [2.45, 2.75) is 50.0 Å². The van der Waals surface area contributed by atoms with Gasteiger partial charge in [0.1, 0.15) is 5.82 Å². The summed E-state index contributed by atoms with van der Waals surface area (Å²) in [5, 5.41) is 3.56. The fourth-order valence-electron chi connectivity index (χ4n) is 2.90. The average Bonchev–Trinajstić information content (AvgIpc) is 2.98. The molecule has 2 nitrogen and oxygen atoms in total. The van der Waals surface area contributed by atoms with E-state index >= 15 is 0 Å². The van der Waals surface area contributed by atoms with Gasteiger partial charge in [0, 0.05) is 16.7 Å². The molecule has 2 unspecified atom stereocenters. The number of benzene rings is 1. The van der Waals surface area contributed by atoms with E-state index in [1.165, 1.54) is 37.8 Å². The summed E-state index contributed by atoms with van der Waals surface area (Å²) < 4.78 is 25.3. The maximum absolute atomic E-state index is 12.9. The molecule has 0 spiro atoms. The summed E-state index contributed by atoms with van der Waals surface area (Å²) >= 11 is 0. The Kier molecular flexibility index (Phi) is 6.17. The third-order valence-electron chi connectivity index (χ3n) is 4.03. The minimum atomic E-state index is -1.05. The SMILES string of the molecule is CCCNC(CS(=O)c1ccc(F)cc1)C1CCCC1. The number of rotatable bonds is 7. The molecule has 1 aliphatic carbocycles. The predicted octanol–water partition coefficient (Wildman–Crippen LogP) is 3.49. The fourth-order valence-corrected chi connectivity index (χ4v) is 4.25. The van der Waals surface area contributed by atoms with Crippen molar-refractivity contribution < 1.29 is 8.60 Å². The Hall–Kier alpha value is -0.740. The van der Waals surface area contributed by atoms with E-state index < -0.39 is 10.8 Å². The maximum Gasteiger partial charge on any atom is 0.123 e. The van der Waals surface area contributed by atoms with Crippen LogP contribution in [0.25, 0.3) is 0 Å². The van der Waals surface area contributed by atoms with Crippen molar-refractivity contribution in [1.82, 2.24) is 5.32 Å². The first-order valence-electron chi connectivity index (χ1n) is 7.58. The molecule has 2 atom stereocenters. The van der Waals surface area contributed by atoms with Gasteiger partial charge in [0.2, 0.25) is 0 Å². The Morgan fingerprint density at radius 1 is 1.30 bits per heavy atom. The van der Waals surface area contributed by atoms with Gasteiger partial charge in [-0.25, -0.2) is 4.39 Å². The van der Waals surface area contributed by atoms with Gasteiger partial charge in [-0.3, -0.25) is 4.21 Å². The zero-order chi connectivity index (χ0) is 14.4. The van der Waals surface area contributed by atoms with E-state index in [2.05, 4.69) is 12.2 Å². The molecule has 1 fully saturated rings. The van der Waals surface area contributed by atoms with Gasteiger partial charge in [-0.15, -0.1) is 0 Å². The van der Waals surface area contributed by atoms with Crippen LogP contribution in [-0.4, -0.2) is 22.5 Å². The number of hydrogen-bond donors (Lipinski definition) is 1. The summed E-state index contributed by atoms with van der Waals surface area (Å²) in [6.07, 6.45) is 6.15. The van der Waals surface area contributed by atoms with E-state index in [4.69, 9.17) is 0 Å². The molecule has 1 saturated carbocycles. The highest BCUT2D eigenvalue weighted by molar-refractivity contribution is 7.85. The van der Waals surface area contributed by atoms with Crippen LogP contribution >= 0.6 is 0 Å². The van der Waals surface area contributed by atoms with Crippen molar-refractivity contribution in [3.63, 3.8) is 0 Å². The van der Waals surface area contributed by atoms with Crippen molar-refractivity contribution in [2.24, 2.45) is 5.92 Å². The van der Waals surface area contributed by atoms with Crippen molar-refractivity contribution in [3.8, 4) is 0 Å². The zero-order valence-electron chi connectivity index (χ0n) is 12.1.